The highest BCUT2D eigenvalue weighted by Crippen LogP contribution is 2.24. The van der Waals surface area contributed by atoms with Gasteiger partial charge in [0.15, 0.2) is 0 Å². The Labute approximate surface area is 115 Å². The Morgan fingerprint density at radius 3 is 2.32 bits per heavy atom. The van der Waals surface area contributed by atoms with Gasteiger partial charge in [-0.3, -0.25) is 0 Å². The zero-order valence-electron chi connectivity index (χ0n) is 9.91. The van der Waals surface area contributed by atoms with Gasteiger partial charge in [-0.15, -0.1) is 0 Å². The summed E-state index contributed by atoms with van der Waals surface area (Å²) >= 11 is 0. The fraction of sp³-hybridized carbons (Fsp3) is 0.0833. The molecular weight excluding hydrogens is 290 g/mol. The van der Waals surface area contributed by atoms with E-state index in [9.17, 15) is 8.42 Å². The fourth-order valence-electron chi connectivity index (χ4n) is 1.36. The number of aromatic nitrogens is 1. The summed E-state index contributed by atoms with van der Waals surface area (Å²) in [5.41, 5.74) is 0. The quantitative estimate of drug-likeness (QED) is 0.812. The van der Waals surface area contributed by atoms with Crippen molar-refractivity contribution in [3.05, 3.63) is 42.6 Å². The van der Waals surface area contributed by atoms with Crippen LogP contribution in [0.25, 0.3) is 0 Å². The van der Waals surface area contributed by atoms with Gasteiger partial charge in [0.05, 0.1) is 12.0 Å². The summed E-state index contributed by atoms with van der Waals surface area (Å²) in [7, 11) is 3.01. The van der Waals surface area contributed by atoms with Crippen molar-refractivity contribution in [1.29, 1.82) is 0 Å². The largest absolute Gasteiger partial charge is 0.497 e. The minimum absolute atomic E-state index is 0.0623. The Bertz CT molecular complexity index is 670. The topological polar surface area (TPSA) is 65.5 Å². The number of ether oxygens (including phenoxy) is 2. The molecule has 0 aliphatic rings. The molecule has 7 heteroatoms. The van der Waals surface area contributed by atoms with Crippen molar-refractivity contribution in [3.8, 4) is 17.4 Å². The van der Waals surface area contributed by atoms with E-state index in [-0.39, 0.29) is 10.8 Å². The molecule has 0 saturated heterocycles. The van der Waals surface area contributed by atoms with E-state index < -0.39 is 9.05 Å². The van der Waals surface area contributed by atoms with Crippen LogP contribution in [0.3, 0.4) is 0 Å². The van der Waals surface area contributed by atoms with Gasteiger partial charge in [-0.1, -0.05) is 0 Å². The van der Waals surface area contributed by atoms with E-state index in [0.717, 1.165) is 0 Å². The summed E-state index contributed by atoms with van der Waals surface area (Å²) in [5.74, 6) is 1.35. The summed E-state index contributed by atoms with van der Waals surface area (Å²) in [4.78, 5) is 3.85. The number of nitrogens with zero attached hydrogens (tertiary/aromatic N) is 1. The normalized spacial score (nSPS) is 11.1. The summed E-state index contributed by atoms with van der Waals surface area (Å²) < 4.78 is 32.8. The van der Waals surface area contributed by atoms with Crippen molar-refractivity contribution in [2.24, 2.45) is 0 Å². The first kappa shape index (κ1) is 13.6. The van der Waals surface area contributed by atoms with Gasteiger partial charge in [-0.25, -0.2) is 13.4 Å². The van der Waals surface area contributed by atoms with E-state index in [4.69, 9.17) is 20.2 Å². The standard InChI is InChI=1S/C12H10ClNO4S/c1-17-9-2-4-10(5-3-9)18-12-8-11(6-7-14-12)19(13,15)16/h2-8H,1H3. The molecule has 0 spiro atoms. The van der Waals surface area contributed by atoms with Crippen LogP contribution in [0.4, 0.5) is 0 Å². The number of rotatable bonds is 4. The smallest absolute Gasteiger partial charge is 0.261 e. The van der Waals surface area contributed by atoms with Crippen molar-refractivity contribution >= 4 is 19.7 Å². The average molecular weight is 300 g/mol. The monoisotopic (exact) mass is 299 g/mol. The van der Waals surface area contributed by atoms with E-state index >= 15 is 0 Å². The fourth-order valence-corrected chi connectivity index (χ4v) is 2.12. The molecule has 0 atom stereocenters. The first-order valence-corrected chi connectivity index (χ1v) is 7.52. The molecule has 5 nitrogen and oxygen atoms in total. The summed E-state index contributed by atoms with van der Waals surface area (Å²) in [6, 6.07) is 9.36. The highest BCUT2D eigenvalue weighted by atomic mass is 35.7. The van der Waals surface area contributed by atoms with E-state index in [0.29, 0.717) is 11.5 Å². The van der Waals surface area contributed by atoms with Gasteiger partial charge in [0.1, 0.15) is 11.5 Å². The van der Waals surface area contributed by atoms with E-state index in [1.807, 2.05) is 0 Å². The maximum atomic E-state index is 11.2. The lowest BCUT2D eigenvalue weighted by Gasteiger charge is -2.06. The summed E-state index contributed by atoms with van der Waals surface area (Å²) in [5, 5.41) is 0. The third kappa shape index (κ3) is 3.59. The van der Waals surface area contributed by atoms with Crippen LogP contribution in [0.15, 0.2) is 47.5 Å². The molecule has 2 rings (SSSR count). The van der Waals surface area contributed by atoms with Crippen molar-refractivity contribution < 1.29 is 17.9 Å². The van der Waals surface area contributed by atoms with Gasteiger partial charge in [-0.2, -0.15) is 0 Å². The zero-order valence-corrected chi connectivity index (χ0v) is 11.5. The van der Waals surface area contributed by atoms with Crippen LogP contribution in [0.2, 0.25) is 0 Å². The van der Waals surface area contributed by atoms with Crippen LogP contribution in [0.1, 0.15) is 0 Å². The Kier molecular flexibility index (Phi) is 3.92. The lowest BCUT2D eigenvalue weighted by atomic mass is 10.3. The van der Waals surface area contributed by atoms with Gasteiger partial charge in [0.2, 0.25) is 5.88 Å². The number of pyridine rings is 1. The molecule has 0 aliphatic heterocycles. The average Bonchev–Trinajstić information content (AvgIpc) is 2.39. The van der Waals surface area contributed by atoms with Gasteiger partial charge in [0.25, 0.3) is 9.05 Å². The van der Waals surface area contributed by atoms with E-state index in [1.54, 1.807) is 31.4 Å². The highest BCUT2D eigenvalue weighted by molar-refractivity contribution is 8.13. The second kappa shape index (κ2) is 5.46. The van der Waals surface area contributed by atoms with Crippen molar-refractivity contribution in [2.75, 3.05) is 7.11 Å². The molecule has 1 aromatic heterocycles. The minimum atomic E-state index is -3.80. The number of hydrogen-bond donors (Lipinski definition) is 0. The first-order chi connectivity index (χ1) is 8.99. The van der Waals surface area contributed by atoms with E-state index in [1.165, 1.54) is 18.3 Å². The maximum Gasteiger partial charge on any atom is 0.261 e. The first-order valence-electron chi connectivity index (χ1n) is 5.21. The second-order valence-electron chi connectivity index (χ2n) is 3.55. The van der Waals surface area contributed by atoms with Crippen LogP contribution in [0, 0.1) is 0 Å². The van der Waals surface area contributed by atoms with Crippen LogP contribution in [-0.2, 0) is 9.05 Å². The molecule has 0 radical (unpaired) electrons. The van der Waals surface area contributed by atoms with Crippen LogP contribution < -0.4 is 9.47 Å². The molecule has 0 aliphatic carbocycles. The third-order valence-corrected chi connectivity index (χ3v) is 3.62. The Morgan fingerprint density at radius 2 is 1.74 bits per heavy atom. The number of benzene rings is 1. The maximum absolute atomic E-state index is 11.2. The van der Waals surface area contributed by atoms with Crippen molar-refractivity contribution in [2.45, 2.75) is 4.90 Å². The summed E-state index contributed by atoms with van der Waals surface area (Å²) in [6.07, 6.45) is 1.31. The molecule has 0 saturated carbocycles. The highest BCUT2D eigenvalue weighted by Gasteiger charge is 2.11. The number of methoxy groups -OCH3 is 1. The molecule has 100 valence electrons. The lowest BCUT2D eigenvalue weighted by Crippen LogP contribution is -1.94. The molecule has 0 bridgehead atoms. The molecule has 1 aromatic carbocycles. The minimum Gasteiger partial charge on any atom is -0.497 e. The van der Waals surface area contributed by atoms with Crippen LogP contribution in [0.5, 0.6) is 17.4 Å². The zero-order chi connectivity index (χ0) is 13.9. The van der Waals surface area contributed by atoms with Crippen LogP contribution in [-0.4, -0.2) is 20.5 Å². The molecule has 19 heavy (non-hydrogen) atoms. The van der Waals surface area contributed by atoms with Crippen molar-refractivity contribution in [3.63, 3.8) is 0 Å². The van der Waals surface area contributed by atoms with Crippen LogP contribution >= 0.6 is 10.7 Å². The van der Waals surface area contributed by atoms with E-state index in [2.05, 4.69) is 4.98 Å². The summed E-state index contributed by atoms with van der Waals surface area (Å²) in [6.45, 7) is 0. The second-order valence-corrected chi connectivity index (χ2v) is 6.11. The molecule has 1 heterocycles. The van der Waals surface area contributed by atoms with Gasteiger partial charge in [0, 0.05) is 22.9 Å². The Morgan fingerprint density at radius 1 is 1.11 bits per heavy atom. The Hall–Kier alpha value is -1.79. The third-order valence-electron chi connectivity index (χ3n) is 2.27. The molecule has 0 amide bonds. The molecule has 0 unspecified atom stereocenters. The molecule has 2 aromatic rings. The predicted molar refractivity (Wildman–Crippen MR) is 70.3 cm³/mol. The van der Waals surface area contributed by atoms with Gasteiger partial charge >= 0.3 is 0 Å². The predicted octanol–water partition coefficient (Wildman–Crippen LogP) is 2.81. The van der Waals surface area contributed by atoms with Gasteiger partial charge < -0.3 is 9.47 Å². The van der Waals surface area contributed by atoms with Gasteiger partial charge in [-0.05, 0) is 30.3 Å². The number of halogens is 1. The molecule has 0 fully saturated rings. The molecule has 0 N–H and O–H groups in total. The number of hydrogen-bond acceptors (Lipinski definition) is 5. The lowest BCUT2D eigenvalue weighted by molar-refractivity contribution is 0.412. The van der Waals surface area contributed by atoms with Crippen molar-refractivity contribution in [1.82, 2.24) is 4.98 Å². The molecular formula is C12H10ClNO4S. The Balaban J connectivity index is 2.23. The SMILES string of the molecule is COc1ccc(Oc2cc(S(=O)(=O)Cl)ccn2)cc1.